The lowest BCUT2D eigenvalue weighted by Crippen LogP contribution is -2.21. The summed E-state index contributed by atoms with van der Waals surface area (Å²) in [6.07, 6.45) is 8.45. The maximum absolute atomic E-state index is 3.53. The molecule has 1 unspecified atom stereocenters. The molecule has 0 aliphatic heterocycles. The first-order chi connectivity index (χ1) is 8.38. The van der Waals surface area contributed by atoms with Crippen LogP contribution >= 0.6 is 0 Å². The highest BCUT2D eigenvalue weighted by Gasteiger charge is 2.29. The molecule has 0 amide bonds. The average Bonchev–Trinajstić information content (AvgIpc) is 3.08. The Labute approximate surface area is 105 Å². The van der Waals surface area contributed by atoms with Crippen molar-refractivity contribution in [3.05, 3.63) is 35.4 Å². The van der Waals surface area contributed by atoms with E-state index in [0.29, 0.717) is 6.04 Å². The van der Waals surface area contributed by atoms with Crippen molar-refractivity contribution >= 4 is 0 Å². The molecule has 0 bridgehead atoms. The third-order valence-corrected chi connectivity index (χ3v) is 4.53. The molecule has 0 saturated heterocycles. The molecule has 0 spiro atoms. The number of nitrogens with one attached hydrogen (secondary N) is 1. The van der Waals surface area contributed by atoms with Crippen LogP contribution in [-0.4, -0.2) is 7.05 Å². The molecule has 1 N–H and O–H groups in total. The quantitative estimate of drug-likeness (QED) is 0.804. The molecule has 0 radical (unpaired) electrons. The Morgan fingerprint density at radius 1 is 1.18 bits per heavy atom. The molecule has 1 nitrogen and oxygen atoms in total. The summed E-state index contributed by atoms with van der Waals surface area (Å²) >= 11 is 0. The molecule has 2 aliphatic rings. The summed E-state index contributed by atoms with van der Waals surface area (Å²) in [5, 5.41) is 3.53. The number of rotatable bonds is 5. The summed E-state index contributed by atoms with van der Waals surface area (Å²) in [6, 6.07) is 9.70. The molecule has 3 rings (SSSR count). The van der Waals surface area contributed by atoms with Crippen LogP contribution in [0.2, 0.25) is 0 Å². The van der Waals surface area contributed by atoms with Crippen LogP contribution in [-0.2, 0) is 0 Å². The number of hydrogen-bond acceptors (Lipinski definition) is 1. The molecule has 0 heterocycles. The van der Waals surface area contributed by atoms with Gasteiger partial charge in [0.2, 0.25) is 0 Å². The van der Waals surface area contributed by atoms with Gasteiger partial charge in [-0.05, 0) is 49.3 Å². The van der Waals surface area contributed by atoms with Crippen LogP contribution in [0.15, 0.2) is 24.3 Å². The molecule has 1 heteroatoms. The van der Waals surface area contributed by atoms with Crippen LogP contribution in [0.4, 0.5) is 0 Å². The second kappa shape index (κ2) is 4.81. The fraction of sp³-hybridized carbons (Fsp3) is 0.625. The predicted molar refractivity (Wildman–Crippen MR) is 72.2 cm³/mol. The summed E-state index contributed by atoms with van der Waals surface area (Å²) < 4.78 is 0. The Kier molecular flexibility index (Phi) is 3.19. The minimum absolute atomic E-state index is 0.583. The minimum Gasteiger partial charge on any atom is -0.313 e. The largest absolute Gasteiger partial charge is 0.313 e. The third-order valence-electron chi connectivity index (χ3n) is 4.53. The first kappa shape index (κ1) is 11.3. The smallest absolute Gasteiger partial charge is 0.0323 e. The molecule has 92 valence electrons. The van der Waals surface area contributed by atoms with Crippen LogP contribution in [0.1, 0.15) is 61.6 Å². The summed E-state index contributed by atoms with van der Waals surface area (Å²) in [6.45, 7) is 0. The monoisotopic (exact) mass is 229 g/mol. The highest BCUT2D eigenvalue weighted by molar-refractivity contribution is 5.34. The van der Waals surface area contributed by atoms with E-state index in [1.165, 1.54) is 38.5 Å². The summed E-state index contributed by atoms with van der Waals surface area (Å²) in [7, 11) is 2.12. The van der Waals surface area contributed by atoms with Crippen LogP contribution in [0.3, 0.4) is 0 Å². The molecule has 1 aromatic carbocycles. The van der Waals surface area contributed by atoms with Gasteiger partial charge in [0.05, 0.1) is 0 Å². The van der Waals surface area contributed by atoms with Gasteiger partial charge < -0.3 is 5.32 Å². The Balaban J connectivity index is 1.82. The van der Waals surface area contributed by atoms with Gasteiger partial charge >= 0.3 is 0 Å². The van der Waals surface area contributed by atoms with Gasteiger partial charge in [-0.3, -0.25) is 0 Å². The standard InChI is InChI=1S/C16H23N/c1-17-16(11-12-9-10-12)15-8-3-2-7-14(15)13-5-4-6-13/h2-3,7-8,12-13,16-17H,4-6,9-11H2,1H3. The lowest BCUT2D eigenvalue weighted by molar-refractivity contribution is 0.409. The van der Waals surface area contributed by atoms with Crippen molar-refractivity contribution in [3.8, 4) is 0 Å². The molecular formula is C16H23N. The Bertz CT molecular complexity index is 377. The highest BCUT2D eigenvalue weighted by Crippen LogP contribution is 2.42. The minimum atomic E-state index is 0.583. The molecular weight excluding hydrogens is 206 g/mol. The van der Waals surface area contributed by atoms with E-state index in [9.17, 15) is 0 Å². The van der Waals surface area contributed by atoms with E-state index < -0.39 is 0 Å². The highest BCUT2D eigenvalue weighted by atomic mass is 14.9. The number of hydrogen-bond donors (Lipinski definition) is 1. The van der Waals surface area contributed by atoms with Gasteiger partial charge in [0.1, 0.15) is 0 Å². The Morgan fingerprint density at radius 2 is 1.94 bits per heavy atom. The zero-order valence-corrected chi connectivity index (χ0v) is 10.8. The predicted octanol–water partition coefficient (Wildman–Crippen LogP) is 4.01. The third kappa shape index (κ3) is 2.40. The lowest BCUT2D eigenvalue weighted by Gasteiger charge is -2.30. The van der Waals surface area contributed by atoms with Crippen LogP contribution in [0.25, 0.3) is 0 Å². The van der Waals surface area contributed by atoms with Gasteiger partial charge in [-0.2, -0.15) is 0 Å². The average molecular weight is 229 g/mol. The number of benzene rings is 1. The zero-order valence-electron chi connectivity index (χ0n) is 10.8. The Morgan fingerprint density at radius 3 is 2.53 bits per heavy atom. The normalized spacial score (nSPS) is 22.2. The van der Waals surface area contributed by atoms with E-state index in [2.05, 4.69) is 36.6 Å². The first-order valence-corrected chi connectivity index (χ1v) is 7.14. The van der Waals surface area contributed by atoms with Gasteiger partial charge in [-0.15, -0.1) is 0 Å². The van der Waals surface area contributed by atoms with Gasteiger partial charge in [0, 0.05) is 6.04 Å². The van der Waals surface area contributed by atoms with E-state index in [-0.39, 0.29) is 0 Å². The van der Waals surface area contributed by atoms with Crippen molar-refractivity contribution in [2.45, 2.75) is 50.5 Å². The SMILES string of the molecule is CNC(CC1CC1)c1ccccc1C1CCC1. The van der Waals surface area contributed by atoms with Crippen molar-refractivity contribution in [1.82, 2.24) is 5.32 Å². The summed E-state index contributed by atoms with van der Waals surface area (Å²) in [4.78, 5) is 0. The van der Waals surface area contributed by atoms with Crippen LogP contribution in [0.5, 0.6) is 0 Å². The molecule has 2 saturated carbocycles. The second-order valence-electron chi connectivity index (χ2n) is 5.78. The fourth-order valence-corrected chi connectivity index (χ4v) is 3.01. The van der Waals surface area contributed by atoms with Crippen LogP contribution in [0, 0.1) is 5.92 Å². The van der Waals surface area contributed by atoms with E-state index in [0.717, 1.165) is 11.8 Å². The molecule has 1 atom stereocenters. The molecule has 1 aromatic rings. The second-order valence-corrected chi connectivity index (χ2v) is 5.78. The maximum atomic E-state index is 3.53. The van der Waals surface area contributed by atoms with Crippen molar-refractivity contribution in [2.75, 3.05) is 7.05 Å². The van der Waals surface area contributed by atoms with Crippen molar-refractivity contribution in [3.63, 3.8) is 0 Å². The Hall–Kier alpha value is -0.820. The lowest BCUT2D eigenvalue weighted by atomic mass is 9.77. The van der Waals surface area contributed by atoms with Gasteiger partial charge in [-0.1, -0.05) is 43.5 Å². The summed E-state index contributed by atoms with van der Waals surface area (Å²) in [5.74, 6) is 1.84. The van der Waals surface area contributed by atoms with E-state index in [1.54, 1.807) is 11.1 Å². The van der Waals surface area contributed by atoms with E-state index in [4.69, 9.17) is 0 Å². The molecule has 2 aliphatic carbocycles. The van der Waals surface area contributed by atoms with Gasteiger partial charge in [-0.25, -0.2) is 0 Å². The zero-order chi connectivity index (χ0) is 11.7. The van der Waals surface area contributed by atoms with Crippen molar-refractivity contribution < 1.29 is 0 Å². The van der Waals surface area contributed by atoms with Gasteiger partial charge in [0.15, 0.2) is 0 Å². The topological polar surface area (TPSA) is 12.0 Å². The molecule has 0 aromatic heterocycles. The van der Waals surface area contributed by atoms with E-state index >= 15 is 0 Å². The molecule has 17 heavy (non-hydrogen) atoms. The fourth-order valence-electron chi connectivity index (χ4n) is 3.01. The van der Waals surface area contributed by atoms with E-state index in [1.807, 2.05) is 0 Å². The van der Waals surface area contributed by atoms with Gasteiger partial charge in [0.25, 0.3) is 0 Å². The molecule has 2 fully saturated rings. The first-order valence-electron chi connectivity index (χ1n) is 7.14. The van der Waals surface area contributed by atoms with Crippen molar-refractivity contribution in [2.24, 2.45) is 5.92 Å². The summed E-state index contributed by atoms with van der Waals surface area (Å²) in [5.41, 5.74) is 3.20. The maximum Gasteiger partial charge on any atom is 0.0323 e. The van der Waals surface area contributed by atoms with Crippen molar-refractivity contribution in [1.29, 1.82) is 0 Å². The van der Waals surface area contributed by atoms with Crippen LogP contribution < -0.4 is 5.32 Å².